The van der Waals surface area contributed by atoms with Crippen LogP contribution in [-0.4, -0.2) is 51.1 Å². The molecule has 2 N–H and O–H groups in total. The lowest BCUT2D eigenvalue weighted by Gasteiger charge is -2.46. The second-order valence-corrected chi connectivity index (χ2v) is 10.7. The third-order valence-corrected chi connectivity index (χ3v) is 8.62. The van der Waals surface area contributed by atoms with Crippen molar-refractivity contribution in [3.63, 3.8) is 0 Å². The molecule has 2 aliphatic rings. The Morgan fingerprint density at radius 2 is 1.89 bits per heavy atom. The molecule has 9 heteroatoms. The summed E-state index contributed by atoms with van der Waals surface area (Å²) < 4.78 is 3.15. The van der Waals surface area contributed by atoms with Crippen molar-refractivity contribution in [3.05, 3.63) is 82.0 Å². The quantitative estimate of drug-likeness (QED) is 0.468. The summed E-state index contributed by atoms with van der Waals surface area (Å²) >= 11 is 1.28. The van der Waals surface area contributed by atoms with Gasteiger partial charge in [-0.15, -0.1) is 11.3 Å². The molecule has 0 unspecified atom stereocenters. The van der Waals surface area contributed by atoms with E-state index in [-0.39, 0.29) is 20.1 Å². The zero-order chi connectivity index (χ0) is 26.0. The molecule has 8 nitrogen and oxygen atoms in total. The number of imidazole rings is 1. The molecular weight excluding hydrogens is 484 g/mol. The van der Waals surface area contributed by atoms with E-state index in [1.807, 2.05) is 43.3 Å². The maximum absolute atomic E-state index is 13.3. The molecule has 0 bridgehead atoms. The highest BCUT2D eigenvalue weighted by Crippen LogP contribution is 2.40. The van der Waals surface area contributed by atoms with Gasteiger partial charge < -0.3 is 15.5 Å². The van der Waals surface area contributed by atoms with E-state index in [4.69, 9.17) is 0 Å². The average Bonchev–Trinajstić information content (AvgIpc) is 3.50. The van der Waals surface area contributed by atoms with Crippen LogP contribution in [0.25, 0.3) is 16.2 Å². The second-order valence-electron chi connectivity index (χ2n) is 9.86. The van der Waals surface area contributed by atoms with Gasteiger partial charge in [0.25, 0.3) is 5.91 Å². The van der Waals surface area contributed by atoms with E-state index in [9.17, 15) is 9.59 Å². The summed E-state index contributed by atoms with van der Waals surface area (Å²) in [6, 6.07) is 7.57. The number of thiazole rings is 1. The standard InChI is InChI=1S/C28H34N6O2S.2H2/c1-4-8-22(33-17-13-28(14-18-33)11-15-29-16-12-28)20(5-2)30-25(35)21-19-37-26(31-21)34-24-10-7-6-9-23(24)32(3)27(34)36;;/h4-10,19,29H,1,11-18H2,2-3H3,(H,30,35);2*1H/b20-5+,22-8+;;. The lowest BCUT2D eigenvalue weighted by Crippen LogP contribution is -2.46. The van der Waals surface area contributed by atoms with Crippen LogP contribution < -0.4 is 16.3 Å². The Morgan fingerprint density at radius 1 is 1.19 bits per heavy atom. The maximum atomic E-state index is 13.3. The molecule has 2 saturated heterocycles. The van der Waals surface area contributed by atoms with Gasteiger partial charge in [-0.3, -0.25) is 9.36 Å². The van der Waals surface area contributed by atoms with Gasteiger partial charge in [0, 0.05) is 28.4 Å². The Bertz CT molecular complexity index is 1440. The number of nitrogens with one attached hydrogen (secondary N) is 2. The van der Waals surface area contributed by atoms with E-state index in [0.717, 1.165) is 61.4 Å². The number of carbonyl (C=O) groups excluding carboxylic acids is 1. The molecule has 4 heterocycles. The molecule has 198 valence electrons. The van der Waals surface area contributed by atoms with E-state index in [1.165, 1.54) is 24.2 Å². The zero-order valence-corrected chi connectivity index (χ0v) is 22.3. The summed E-state index contributed by atoms with van der Waals surface area (Å²) in [7, 11) is 1.74. The predicted octanol–water partition coefficient (Wildman–Crippen LogP) is 4.45. The lowest BCUT2D eigenvalue weighted by atomic mass is 9.71. The van der Waals surface area contributed by atoms with Crippen molar-refractivity contribution in [1.29, 1.82) is 0 Å². The topological polar surface area (TPSA) is 84.2 Å². The van der Waals surface area contributed by atoms with Crippen molar-refractivity contribution in [2.24, 2.45) is 12.5 Å². The molecule has 2 aromatic heterocycles. The maximum Gasteiger partial charge on any atom is 0.335 e. The minimum Gasteiger partial charge on any atom is -0.370 e. The summed E-state index contributed by atoms with van der Waals surface area (Å²) in [5.41, 5.74) is 3.82. The third-order valence-electron chi connectivity index (χ3n) is 7.80. The Hall–Kier alpha value is -3.43. The Kier molecular flexibility index (Phi) is 7.17. The largest absolute Gasteiger partial charge is 0.370 e. The van der Waals surface area contributed by atoms with Crippen LogP contribution in [0, 0.1) is 5.41 Å². The molecule has 0 saturated carbocycles. The van der Waals surface area contributed by atoms with Gasteiger partial charge in [0.15, 0.2) is 5.13 Å². The number of benzene rings is 1. The van der Waals surface area contributed by atoms with Crippen LogP contribution in [0.3, 0.4) is 0 Å². The fraction of sp³-hybridized carbons (Fsp3) is 0.393. The highest BCUT2D eigenvalue weighted by Gasteiger charge is 2.36. The number of amides is 1. The number of aromatic nitrogens is 3. The fourth-order valence-electron chi connectivity index (χ4n) is 5.58. The first-order valence-electron chi connectivity index (χ1n) is 12.9. The molecule has 1 amide bonds. The van der Waals surface area contributed by atoms with Gasteiger partial charge in [0.1, 0.15) is 5.69 Å². The molecule has 1 spiro atoms. The van der Waals surface area contributed by atoms with E-state index >= 15 is 0 Å². The normalized spacial score (nSPS) is 18.4. The summed E-state index contributed by atoms with van der Waals surface area (Å²) in [6.45, 7) is 9.95. The highest BCUT2D eigenvalue weighted by molar-refractivity contribution is 7.12. The van der Waals surface area contributed by atoms with Crippen LogP contribution in [0.5, 0.6) is 0 Å². The minimum absolute atomic E-state index is 0. The second kappa shape index (κ2) is 10.5. The number of piperidine rings is 2. The number of rotatable bonds is 6. The number of hydrogen-bond acceptors (Lipinski definition) is 6. The van der Waals surface area contributed by atoms with Crippen molar-refractivity contribution < 1.29 is 7.65 Å². The lowest BCUT2D eigenvalue weighted by molar-refractivity contribution is 0.0895. The smallest absolute Gasteiger partial charge is 0.335 e. The summed E-state index contributed by atoms with van der Waals surface area (Å²) in [4.78, 5) is 33.1. The number of aryl methyl sites for hydroxylation is 1. The van der Waals surface area contributed by atoms with Crippen molar-refractivity contribution in [3.8, 4) is 5.13 Å². The van der Waals surface area contributed by atoms with E-state index in [0.29, 0.717) is 10.5 Å². The first kappa shape index (κ1) is 25.2. The average molecular weight is 523 g/mol. The SMILES string of the molecule is C=C/C=C(\C(=C/C)NC(=O)c1csc(-n2c(=O)n(C)c3ccccc32)n1)N1CCC2(CCNCC2)CC1.[HH].[HH]. The van der Waals surface area contributed by atoms with Gasteiger partial charge in [-0.1, -0.05) is 30.9 Å². The first-order valence-corrected chi connectivity index (χ1v) is 13.7. The number of hydrogen-bond donors (Lipinski definition) is 2. The van der Waals surface area contributed by atoms with Gasteiger partial charge in [-0.05, 0) is 69.3 Å². The number of nitrogens with zero attached hydrogens (tertiary/aromatic N) is 4. The predicted molar refractivity (Wildman–Crippen MR) is 153 cm³/mol. The zero-order valence-electron chi connectivity index (χ0n) is 21.5. The Labute approximate surface area is 224 Å². The van der Waals surface area contributed by atoms with E-state index in [2.05, 4.69) is 27.1 Å². The van der Waals surface area contributed by atoms with Crippen LogP contribution in [0.2, 0.25) is 0 Å². The van der Waals surface area contributed by atoms with Gasteiger partial charge >= 0.3 is 5.69 Å². The van der Waals surface area contributed by atoms with Crippen molar-refractivity contribution in [2.75, 3.05) is 26.2 Å². The van der Waals surface area contributed by atoms with Gasteiger partial charge in [-0.2, -0.15) is 0 Å². The van der Waals surface area contributed by atoms with Crippen LogP contribution in [0.1, 0.15) is 45.9 Å². The summed E-state index contributed by atoms with van der Waals surface area (Å²) in [6.07, 6.45) is 10.4. The number of fused-ring (bicyclic) bond motifs is 1. The van der Waals surface area contributed by atoms with Crippen LogP contribution in [0.4, 0.5) is 0 Å². The number of para-hydroxylation sites is 2. The molecule has 2 aliphatic heterocycles. The van der Waals surface area contributed by atoms with Crippen LogP contribution in [-0.2, 0) is 7.05 Å². The van der Waals surface area contributed by atoms with Crippen molar-refractivity contribution in [2.45, 2.75) is 32.6 Å². The monoisotopic (exact) mass is 522 g/mol. The van der Waals surface area contributed by atoms with Gasteiger partial charge in [-0.25, -0.2) is 14.3 Å². The van der Waals surface area contributed by atoms with Gasteiger partial charge in [0.2, 0.25) is 0 Å². The summed E-state index contributed by atoms with van der Waals surface area (Å²) in [5, 5.41) is 8.71. The minimum atomic E-state index is -0.300. The van der Waals surface area contributed by atoms with E-state index < -0.39 is 0 Å². The van der Waals surface area contributed by atoms with Crippen molar-refractivity contribution >= 4 is 28.3 Å². The summed E-state index contributed by atoms with van der Waals surface area (Å²) in [5.74, 6) is -0.300. The molecule has 1 aromatic carbocycles. The number of carbonyl (C=O) groups is 1. The number of likely N-dealkylation sites (tertiary alicyclic amines) is 1. The molecule has 37 heavy (non-hydrogen) atoms. The van der Waals surface area contributed by atoms with Gasteiger partial charge in [0.05, 0.1) is 22.4 Å². The molecule has 2 fully saturated rings. The Balaban J connectivity index is 0.00000210. The molecule has 0 radical (unpaired) electrons. The third kappa shape index (κ3) is 4.81. The molecule has 5 rings (SSSR count). The molecule has 0 atom stereocenters. The van der Waals surface area contributed by atoms with E-state index in [1.54, 1.807) is 27.6 Å². The van der Waals surface area contributed by atoms with Crippen molar-refractivity contribution in [1.82, 2.24) is 29.7 Å². The molecule has 0 aliphatic carbocycles. The van der Waals surface area contributed by atoms with Crippen LogP contribution in [0.15, 0.2) is 70.6 Å². The molecular formula is C28H38N6O2S. The Morgan fingerprint density at radius 3 is 2.57 bits per heavy atom. The molecule has 3 aromatic rings. The first-order chi connectivity index (χ1) is 18.0. The fourth-order valence-corrected chi connectivity index (χ4v) is 6.39. The van der Waals surface area contributed by atoms with Crippen LogP contribution >= 0.6 is 11.3 Å². The number of allylic oxidation sites excluding steroid dienone is 3. The highest BCUT2D eigenvalue weighted by atomic mass is 32.1.